The van der Waals surface area contributed by atoms with Gasteiger partial charge in [-0.2, -0.15) is 0 Å². The van der Waals surface area contributed by atoms with E-state index in [2.05, 4.69) is 12.2 Å². The Hall–Kier alpha value is -1.35. The van der Waals surface area contributed by atoms with E-state index < -0.39 is 0 Å². The Morgan fingerprint density at radius 3 is 2.42 bits per heavy atom. The summed E-state index contributed by atoms with van der Waals surface area (Å²) >= 11 is 0. The van der Waals surface area contributed by atoms with Gasteiger partial charge in [-0.15, -0.1) is 0 Å². The highest BCUT2D eigenvalue weighted by Gasteiger charge is 2.39. The van der Waals surface area contributed by atoms with Gasteiger partial charge in [-0.3, -0.25) is 4.79 Å². The lowest BCUT2D eigenvalue weighted by Gasteiger charge is -2.26. The Morgan fingerprint density at radius 1 is 1.26 bits per heavy atom. The summed E-state index contributed by atoms with van der Waals surface area (Å²) in [6.07, 6.45) is 5.93. The molecular formula is C16H23NO2. The van der Waals surface area contributed by atoms with E-state index >= 15 is 0 Å². The van der Waals surface area contributed by atoms with Gasteiger partial charge in [-0.1, -0.05) is 31.9 Å². The molecule has 0 heterocycles. The fourth-order valence-electron chi connectivity index (χ4n) is 2.94. The Bertz CT molecular complexity index is 419. The van der Waals surface area contributed by atoms with Gasteiger partial charge >= 0.3 is 0 Å². The number of hydrogen-bond acceptors (Lipinski definition) is 2. The Kier molecular flexibility index (Phi) is 4.59. The SMILES string of the molecule is CCC1(C(=O)Nc2ccc(CCO)cc2)CCCC1. The first-order valence-corrected chi connectivity index (χ1v) is 7.21. The van der Waals surface area contributed by atoms with Crippen molar-refractivity contribution in [3.8, 4) is 0 Å². The molecule has 1 saturated carbocycles. The molecule has 1 aliphatic rings. The largest absolute Gasteiger partial charge is 0.396 e. The summed E-state index contributed by atoms with van der Waals surface area (Å²) in [6, 6.07) is 7.75. The molecule has 0 bridgehead atoms. The number of aliphatic hydroxyl groups is 1. The summed E-state index contributed by atoms with van der Waals surface area (Å²) in [7, 11) is 0. The summed E-state index contributed by atoms with van der Waals surface area (Å²) in [5.74, 6) is 0.169. The smallest absolute Gasteiger partial charge is 0.230 e. The van der Waals surface area contributed by atoms with Crippen LogP contribution >= 0.6 is 0 Å². The van der Waals surface area contributed by atoms with Gasteiger partial charge in [-0.05, 0) is 43.4 Å². The number of nitrogens with one attached hydrogen (secondary N) is 1. The Morgan fingerprint density at radius 2 is 1.89 bits per heavy atom. The van der Waals surface area contributed by atoms with E-state index in [-0.39, 0.29) is 17.9 Å². The molecule has 0 radical (unpaired) electrons. The van der Waals surface area contributed by atoms with Gasteiger partial charge in [0.05, 0.1) is 0 Å². The maximum absolute atomic E-state index is 12.4. The third-order valence-electron chi connectivity index (χ3n) is 4.33. The molecule has 2 rings (SSSR count). The summed E-state index contributed by atoms with van der Waals surface area (Å²) in [5.41, 5.74) is 1.79. The van der Waals surface area contributed by atoms with E-state index in [4.69, 9.17) is 5.11 Å². The molecule has 104 valence electrons. The average molecular weight is 261 g/mol. The Labute approximate surface area is 115 Å². The molecule has 1 aromatic carbocycles. The minimum absolute atomic E-state index is 0.149. The predicted octanol–water partition coefficient (Wildman–Crippen LogP) is 3.13. The van der Waals surface area contributed by atoms with Crippen LogP contribution in [0.4, 0.5) is 5.69 Å². The topological polar surface area (TPSA) is 49.3 Å². The second kappa shape index (κ2) is 6.20. The van der Waals surface area contributed by atoms with Crippen LogP contribution in [0.15, 0.2) is 24.3 Å². The van der Waals surface area contributed by atoms with Crippen LogP contribution in [0.5, 0.6) is 0 Å². The third-order valence-corrected chi connectivity index (χ3v) is 4.33. The second-order valence-electron chi connectivity index (χ2n) is 5.47. The van der Waals surface area contributed by atoms with Crippen LogP contribution in [0.1, 0.15) is 44.6 Å². The number of aliphatic hydroxyl groups excluding tert-OH is 1. The zero-order chi connectivity index (χ0) is 13.7. The van der Waals surface area contributed by atoms with Crippen LogP contribution in [0.3, 0.4) is 0 Å². The predicted molar refractivity (Wildman–Crippen MR) is 77.1 cm³/mol. The highest BCUT2D eigenvalue weighted by atomic mass is 16.2. The van der Waals surface area contributed by atoms with Gasteiger partial charge < -0.3 is 10.4 Å². The van der Waals surface area contributed by atoms with Crippen LogP contribution < -0.4 is 5.32 Å². The van der Waals surface area contributed by atoms with Crippen LogP contribution in [0.2, 0.25) is 0 Å². The molecule has 0 aromatic heterocycles. The summed E-state index contributed by atoms with van der Waals surface area (Å²) in [6.45, 7) is 2.26. The van der Waals surface area contributed by atoms with Crippen LogP contribution in [-0.4, -0.2) is 17.6 Å². The number of hydrogen-bond donors (Lipinski definition) is 2. The number of benzene rings is 1. The van der Waals surface area contributed by atoms with Crippen molar-refractivity contribution in [1.29, 1.82) is 0 Å². The number of carbonyl (C=O) groups excluding carboxylic acids is 1. The maximum Gasteiger partial charge on any atom is 0.230 e. The zero-order valence-electron chi connectivity index (χ0n) is 11.6. The zero-order valence-corrected chi connectivity index (χ0v) is 11.6. The van der Waals surface area contributed by atoms with Crippen molar-refractivity contribution in [3.05, 3.63) is 29.8 Å². The molecule has 0 aliphatic heterocycles. The highest BCUT2D eigenvalue weighted by Crippen LogP contribution is 2.41. The van der Waals surface area contributed by atoms with Crippen molar-refractivity contribution in [2.24, 2.45) is 5.41 Å². The minimum atomic E-state index is -0.149. The number of anilines is 1. The van der Waals surface area contributed by atoms with E-state index in [0.29, 0.717) is 6.42 Å². The number of rotatable bonds is 5. The van der Waals surface area contributed by atoms with Gasteiger partial charge in [0, 0.05) is 17.7 Å². The first-order chi connectivity index (χ1) is 9.20. The van der Waals surface area contributed by atoms with Crippen LogP contribution in [0.25, 0.3) is 0 Å². The van der Waals surface area contributed by atoms with Crippen molar-refractivity contribution >= 4 is 11.6 Å². The number of carbonyl (C=O) groups is 1. The van der Waals surface area contributed by atoms with E-state index in [1.54, 1.807) is 0 Å². The lowest BCUT2D eigenvalue weighted by molar-refractivity contribution is -0.125. The number of amides is 1. The standard InChI is InChI=1S/C16H23NO2/c1-2-16(10-3-4-11-16)15(19)17-14-7-5-13(6-8-14)9-12-18/h5-8,18H,2-4,9-12H2,1H3,(H,17,19). The molecule has 0 atom stereocenters. The molecule has 1 amide bonds. The molecule has 0 saturated heterocycles. The van der Waals surface area contributed by atoms with Gasteiger partial charge in [0.2, 0.25) is 5.91 Å². The van der Waals surface area contributed by atoms with Crippen molar-refractivity contribution in [2.45, 2.75) is 45.4 Å². The van der Waals surface area contributed by atoms with E-state index in [1.807, 2.05) is 24.3 Å². The lowest BCUT2D eigenvalue weighted by Crippen LogP contribution is -2.33. The lowest BCUT2D eigenvalue weighted by atomic mass is 9.82. The van der Waals surface area contributed by atoms with Crippen molar-refractivity contribution in [2.75, 3.05) is 11.9 Å². The average Bonchev–Trinajstić information content (AvgIpc) is 2.91. The molecule has 19 heavy (non-hydrogen) atoms. The van der Waals surface area contributed by atoms with Crippen molar-refractivity contribution in [1.82, 2.24) is 0 Å². The van der Waals surface area contributed by atoms with Crippen molar-refractivity contribution < 1.29 is 9.90 Å². The molecule has 0 unspecified atom stereocenters. The second-order valence-corrected chi connectivity index (χ2v) is 5.47. The van der Waals surface area contributed by atoms with Crippen molar-refractivity contribution in [3.63, 3.8) is 0 Å². The van der Waals surface area contributed by atoms with E-state index in [9.17, 15) is 4.79 Å². The van der Waals surface area contributed by atoms with Crippen LogP contribution in [0, 0.1) is 5.41 Å². The maximum atomic E-state index is 12.4. The monoisotopic (exact) mass is 261 g/mol. The van der Waals surface area contributed by atoms with E-state index in [0.717, 1.165) is 43.4 Å². The summed E-state index contributed by atoms with van der Waals surface area (Å²) in [4.78, 5) is 12.4. The van der Waals surface area contributed by atoms with Crippen LogP contribution in [-0.2, 0) is 11.2 Å². The highest BCUT2D eigenvalue weighted by molar-refractivity contribution is 5.95. The summed E-state index contributed by atoms with van der Waals surface area (Å²) in [5, 5.41) is 11.9. The molecule has 3 nitrogen and oxygen atoms in total. The normalized spacial score (nSPS) is 17.4. The first kappa shape index (κ1) is 14.1. The summed E-state index contributed by atoms with van der Waals surface area (Å²) < 4.78 is 0. The molecule has 1 aliphatic carbocycles. The van der Waals surface area contributed by atoms with E-state index in [1.165, 1.54) is 0 Å². The van der Waals surface area contributed by atoms with Gasteiger partial charge in [0.15, 0.2) is 0 Å². The minimum Gasteiger partial charge on any atom is -0.396 e. The molecular weight excluding hydrogens is 238 g/mol. The van der Waals surface area contributed by atoms with Gasteiger partial charge in [-0.25, -0.2) is 0 Å². The first-order valence-electron chi connectivity index (χ1n) is 7.21. The quantitative estimate of drug-likeness (QED) is 0.855. The molecule has 1 fully saturated rings. The molecule has 1 aromatic rings. The van der Waals surface area contributed by atoms with Gasteiger partial charge in [0.25, 0.3) is 0 Å². The fourth-order valence-corrected chi connectivity index (χ4v) is 2.94. The molecule has 0 spiro atoms. The fraction of sp³-hybridized carbons (Fsp3) is 0.562. The van der Waals surface area contributed by atoms with Gasteiger partial charge in [0.1, 0.15) is 0 Å². The Balaban J connectivity index is 2.02. The third kappa shape index (κ3) is 3.16. The molecule has 2 N–H and O–H groups in total. The molecule has 3 heteroatoms.